The van der Waals surface area contributed by atoms with E-state index in [1.165, 1.54) is 44.9 Å². The van der Waals surface area contributed by atoms with Crippen LogP contribution in [0.3, 0.4) is 0 Å². The molecule has 0 bridgehead atoms. The molecule has 3 aromatic heterocycles. The smallest absolute Gasteiger partial charge is 0.230 e. The number of pyridine rings is 2. The molecule has 0 aliphatic rings. The quantitative estimate of drug-likeness (QED) is 0.404. The first-order valence-electron chi connectivity index (χ1n) is 10.1. The molecule has 170 valence electrons. The van der Waals surface area contributed by atoms with Crippen molar-refractivity contribution in [2.75, 3.05) is 19.6 Å². The van der Waals surface area contributed by atoms with Crippen molar-refractivity contribution < 1.29 is 18.6 Å². The molecule has 10 heteroatoms. The molecule has 0 radical (unpaired) electrons. The molecule has 0 unspecified atom stereocenters. The van der Waals surface area contributed by atoms with Gasteiger partial charge in [-0.2, -0.15) is 0 Å². The zero-order valence-corrected chi connectivity index (χ0v) is 18.2. The number of fused-ring (bicyclic) bond motifs is 2. The molecule has 34 heavy (non-hydrogen) atoms. The number of nitrogens with zero attached hydrogens (tertiary/aromatic N) is 4. The standard InChI is InChI=1S/C24H18FN5O4/c1-32-22-10-15-18(11-23(22)33-2)27-13-28-24(15)34-21-4-3-14(9-17(21)25)29-30-8-6-20(31)16-12-26-7-5-19(16)30/h3-13,29H,1-2H3. The average Bonchev–Trinajstić information content (AvgIpc) is 2.86. The van der Waals surface area contributed by atoms with E-state index in [-0.39, 0.29) is 17.1 Å². The van der Waals surface area contributed by atoms with Crippen LogP contribution in [-0.4, -0.2) is 33.8 Å². The van der Waals surface area contributed by atoms with Crippen LogP contribution < -0.4 is 25.1 Å². The Morgan fingerprint density at radius 3 is 2.56 bits per heavy atom. The summed E-state index contributed by atoms with van der Waals surface area (Å²) in [6.07, 6.45) is 5.97. The summed E-state index contributed by atoms with van der Waals surface area (Å²) in [5.74, 6) is 0.522. The maximum atomic E-state index is 15.0. The molecule has 5 aromatic rings. The Balaban J connectivity index is 1.46. The van der Waals surface area contributed by atoms with Crippen LogP contribution in [0.15, 0.2) is 72.2 Å². The van der Waals surface area contributed by atoms with Crippen LogP contribution in [0, 0.1) is 5.82 Å². The fourth-order valence-corrected chi connectivity index (χ4v) is 3.53. The highest BCUT2D eigenvalue weighted by Crippen LogP contribution is 2.36. The van der Waals surface area contributed by atoms with E-state index >= 15 is 0 Å². The monoisotopic (exact) mass is 459 g/mol. The molecule has 2 aromatic carbocycles. The van der Waals surface area contributed by atoms with E-state index in [0.717, 1.165) is 0 Å². The van der Waals surface area contributed by atoms with E-state index in [2.05, 4.69) is 20.4 Å². The molecule has 0 atom stereocenters. The first-order chi connectivity index (χ1) is 16.6. The van der Waals surface area contributed by atoms with Gasteiger partial charge in [0.25, 0.3) is 0 Å². The van der Waals surface area contributed by atoms with Gasteiger partial charge in [0.05, 0.1) is 41.7 Å². The van der Waals surface area contributed by atoms with Crippen LogP contribution in [0.5, 0.6) is 23.1 Å². The van der Waals surface area contributed by atoms with Crippen LogP contribution in [0.4, 0.5) is 10.1 Å². The molecular formula is C24H18FN5O4. The normalized spacial score (nSPS) is 10.9. The topological polar surface area (TPSA) is 100 Å². The Morgan fingerprint density at radius 1 is 0.941 bits per heavy atom. The molecule has 3 heterocycles. The molecular weight excluding hydrogens is 441 g/mol. The Hall–Kier alpha value is -4.73. The highest BCUT2D eigenvalue weighted by Gasteiger charge is 2.14. The van der Waals surface area contributed by atoms with Crippen molar-refractivity contribution in [2.24, 2.45) is 0 Å². The molecule has 9 nitrogen and oxygen atoms in total. The fraction of sp³-hybridized carbons (Fsp3) is 0.0833. The summed E-state index contributed by atoms with van der Waals surface area (Å²) >= 11 is 0. The number of aromatic nitrogens is 4. The summed E-state index contributed by atoms with van der Waals surface area (Å²) in [5.41, 5.74) is 4.53. The van der Waals surface area contributed by atoms with E-state index < -0.39 is 5.82 Å². The number of benzene rings is 2. The molecule has 0 fully saturated rings. The summed E-state index contributed by atoms with van der Waals surface area (Å²) in [4.78, 5) is 24.4. The average molecular weight is 459 g/mol. The van der Waals surface area contributed by atoms with Gasteiger partial charge in [0.2, 0.25) is 5.88 Å². The number of methoxy groups -OCH3 is 2. The molecule has 0 aliphatic heterocycles. The van der Waals surface area contributed by atoms with Crippen molar-refractivity contribution in [3.63, 3.8) is 0 Å². The minimum absolute atomic E-state index is 0.0192. The van der Waals surface area contributed by atoms with E-state index in [9.17, 15) is 9.18 Å². The third-order valence-corrected chi connectivity index (χ3v) is 5.19. The third-order valence-electron chi connectivity index (χ3n) is 5.19. The minimum atomic E-state index is -0.607. The van der Waals surface area contributed by atoms with Crippen LogP contribution in [0.1, 0.15) is 0 Å². The zero-order valence-electron chi connectivity index (χ0n) is 18.2. The third kappa shape index (κ3) is 3.81. The molecule has 0 aliphatic carbocycles. The predicted octanol–water partition coefficient (Wildman–Crippen LogP) is 4.16. The van der Waals surface area contributed by atoms with Gasteiger partial charge in [-0.3, -0.25) is 19.9 Å². The molecule has 5 rings (SSSR count). The van der Waals surface area contributed by atoms with E-state index in [1.54, 1.807) is 41.3 Å². The SMILES string of the molecule is COc1cc2ncnc(Oc3ccc(Nn4ccc(=O)c5cnccc54)cc3F)c2cc1OC. The number of halogens is 1. The lowest BCUT2D eigenvalue weighted by molar-refractivity contribution is 0.355. The van der Waals surface area contributed by atoms with Gasteiger partial charge in [0.1, 0.15) is 6.33 Å². The van der Waals surface area contributed by atoms with Crippen LogP contribution >= 0.6 is 0 Å². The van der Waals surface area contributed by atoms with E-state index in [1.807, 2.05) is 0 Å². The van der Waals surface area contributed by atoms with Gasteiger partial charge in [-0.15, -0.1) is 0 Å². The molecule has 0 saturated carbocycles. The van der Waals surface area contributed by atoms with E-state index in [0.29, 0.717) is 39.0 Å². The first-order valence-corrected chi connectivity index (χ1v) is 10.1. The zero-order chi connectivity index (χ0) is 23.7. The van der Waals surface area contributed by atoms with Gasteiger partial charge in [-0.05, 0) is 24.3 Å². The summed E-state index contributed by atoms with van der Waals surface area (Å²) in [6.45, 7) is 0. The Morgan fingerprint density at radius 2 is 1.76 bits per heavy atom. The number of hydrogen-bond donors (Lipinski definition) is 1. The van der Waals surface area contributed by atoms with Crippen LogP contribution in [-0.2, 0) is 0 Å². The highest BCUT2D eigenvalue weighted by atomic mass is 19.1. The maximum absolute atomic E-state index is 15.0. The number of anilines is 1. The Kier molecular flexibility index (Phi) is 5.38. The van der Waals surface area contributed by atoms with Crippen molar-refractivity contribution in [3.8, 4) is 23.1 Å². The van der Waals surface area contributed by atoms with Crippen molar-refractivity contribution in [2.45, 2.75) is 0 Å². The summed E-state index contributed by atoms with van der Waals surface area (Å²) in [7, 11) is 3.04. The Bertz CT molecular complexity index is 1590. The number of nitrogens with one attached hydrogen (secondary N) is 1. The lowest BCUT2D eigenvalue weighted by Gasteiger charge is -2.15. The second-order valence-corrected chi connectivity index (χ2v) is 7.21. The first kappa shape index (κ1) is 21.1. The maximum Gasteiger partial charge on any atom is 0.230 e. The van der Waals surface area contributed by atoms with Gasteiger partial charge < -0.3 is 14.2 Å². The largest absolute Gasteiger partial charge is 0.493 e. The predicted molar refractivity (Wildman–Crippen MR) is 124 cm³/mol. The van der Waals surface area contributed by atoms with Crippen molar-refractivity contribution >= 4 is 27.5 Å². The fourth-order valence-electron chi connectivity index (χ4n) is 3.53. The lowest BCUT2D eigenvalue weighted by atomic mass is 10.2. The van der Waals surface area contributed by atoms with Gasteiger partial charge in [-0.1, -0.05) is 0 Å². The van der Waals surface area contributed by atoms with Crippen molar-refractivity contribution in [3.05, 3.63) is 83.4 Å². The number of hydrogen-bond acceptors (Lipinski definition) is 8. The second kappa shape index (κ2) is 8.66. The minimum Gasteiger partial charge on any atom is -0.493 e. The summed E-state index contributed by atoms with van der Waals surface area (Å²) in [6, 6.07) is 10.9. The summed E-state index contributed by atoms with van der Waals surface area (Å²) in [5, 5.41) is 0.982. The molecule has 1 N–H and O–H groups in total. The van der Waals surface area contributed by atoms with Gasteiger partial charge in [0, 0.05) is 36.8 Å². The molecule has 0 amide bonds. The number of rotatable bonds is 6. The second-order valence-electron chi connectivity index (χ2n) is 7.21. The van der Waals surface area contributed by atoms with Gasteiger partial charge in [0.15, 0.2) is 28.5 Å². The van der Waals surface area contributed by atoms with Crippen molar-refractivity contribution in [1.29, 1.82) is 0 Å². The Labute approximate surface area is 192 Å². The highest BCUT2D eigenvalue weighted by molar-refractivity contribution is 5.87. The van der Waals surface area contributed by atoms with Gasteiger partial charge in [-0.25, -0.2) is 14.4 Å². The van der Waals surface area contributed by atoms with Crippen LogP contribution in [0.25, 0.3) is 21.8 Å². The van der Waals surface area contributed by atoms with E-state index in [4.69, 9.17) is 14.2 Å². The number of ether oxygens (including phenoxy) is 3. The van der Waals surface area contributed by atoms with Crippen LogP contribution in [0.2, 0.25) is 0 Å². The summed E-state index contributed by atoms with van der Waals surface area (Å²) < 4.78 is 33.0. The lowest BCUT2D eigenvalue weighted by Crippen LogP contribution is -2.14. The molecule has 0 saturated heterocycles. The van der Waals surface area contributed by atoms with Gasteiger partial charge >= 0.3 is 0 Å². The molecule has 0 spiro atoms. The van der Waals surface area contributed by atoms with Crippen molar-refractivity contribution in [1.82, 2.24) is 19.6 Å².